The van der Waals surface area contributed by atoms with Gasteiger partial charge in [0.05, 0.1) is 23.4 Å². The van der Waals surface area contributed by atoms with E-state index in [4.69, 9.17) is 9.68 Å². The molecule has 0 amide bonds. The van der Waals surface area contributed by atoms with Gasteiger partial charge in [-0.15, -0.1) is 0 Å². The topological polar surface area (TPSA) is 70.0 Å². The van der Waals surface area contributed by atoms with Crippen LogP contribution >= 0.6 is 11.8 Å². The Balaban J connectivity index is 2.40. The number of nitriles is 1. The van der Waals surface area contributed by atoms with Gasteiger partial charge >= 0.3 is 0 Å². The molecule has 1 aromatic heterocycles. The van der Waals surface area contributed by atoms with Gasteiger partial charge in [-0.2, -0.15) is 5.26 Å². The van der Waals surface area contributed by atoms with Crippen molar-refractivity contribution in [1.29, 1.82) is 5.26 Å². The number of aliphatic hydroxyl groups is 1. The lowest BCUT2D eigenvalue weighted by Gasteiger charge is -2.10. The van der Waals surface area contributed by atoms with Crippen LogP contribution in [-0.2, 0) is 0 Å². The molecule has 1 atom stereocenters. The van der Waals surface area contributed by atoms with Crippen LogP contribution < -0.4 is 0 Å². The Hall–Kier alpha value is -1.77. The van der Waals surface area contributed by atoms with Gasteiger partial charge in [0.1, 0.15) is 5.76 Å². The molecule has 98 valence electrons. The van der Waals surface area contributed by atoms with Gasteiger partial charge in [-0.1, -0.05) is 6.07 Å². The first-order chi connectivity index (χ1) is 9.01. The fourth-order valence-electron chi connectivity index (χ4n) is 1.62. The molecule has 1 unspecified atom stereocenters. The summed E-state index contributed by atoms with van der Waals surface area (Å²) in [4.78, 5) is 5.08. The second-order valence-electron chi connectivity index (χ2n) is 4.26. The lowest BCUT2D eigenvalue weighted by molar-refractivity contribution is 0.196. The molecule has 0 aliphatic rings. The number of hydrogen-bond acceptors (Lipinski definition) is 5. The van der Waals surface area contributed by atoms with Crippen molar-refractivity contribution in [3.8, 4) is 6.07 Å². The van der Waals surface area contributed by atoms with Crippen molar-refractivity contribution in [3.63, 3.8) is 0 Å². The molecule has 5 heteroatoms. The molecule has 0 aliphatic heterocycles. The van der Waals surface area contributed by atoms with E-state index in [1.807, 2.05) is 13.8 Å². The van der Waals surface area contributed by atoms with E-state index in [1.165, 1.54) is 11.8 Å². The number of nitrogens with zero attached hydrogens (tertiary/aromatic N) is 2. The normalized spacial score (nSPS) is 12.2. The van der Waals surface area contributed by atoms with Crippen LogP contribution in [0.1, 0.15) is 35.6 Å². The molecule has 1 aromatic carbocycles. The molecule has 1 heterocycles. The van der Waals surface area contributed by atoms with Crippen molar-refractivity contribution < 1.29 is 9.52 Å². The summed E-state index contributed by atoms with van der Waals surface area (Å²) in [6.45, 7) is 5.43. The zero-order chi connectivity index (χ0) is 14.0. The maximum Gasteiger partial charge on any atom is 0.261 e. The maximum atomic E-state index is 9.76. The highest BCUT2D eigenvalue weighted by molar-refractivity contribution is 7.99. The van der Waals surface area contributed by atoms with Gasteiger partial charge in [-0.05, 0) is 50.2 Å². The zero-order valence-electron chi connectivity index (χ0n) is 11.0. The van der Waals surface area contributed by atoms with Crippen molar-refractivity contribution in [1.82, 2.24) is 4.98 Å². The van der Waals surface area contributed by atoms with E-state index in [2.05, 4.69) is 11.1 Å². The summed E-state index contributed by atoms with van der Waals surface area (Å²) in [5.41, 5.74) is 2.15. The first-order valence-electron chi connectivity index (χ1n) is 5.85. The van der Waals surface area contributed by atoms with Crippen LogP contribution in [0.15, 0.2) is 32.7 Å². The van der Waals surface area contributed by atoms with E-state index < -0.39 is 6.10 Å². The molecule has 2 rings (SSSR count). The maximum absolute atomic E-state index is 9.76. The number of rotatable bonds is 3. The highest BCUT2D eigenvalue weighted by Crippen LogP contribution is 2.34. The summed E-state index contributed by atoms with van der Waals surface area (Å²) in [5, 5.41) is 19.2. The number of oxazole rings is 1. The highest BCUT2D eigenvalue weighted by atomic mass is 32.2. The van der Waals surface area contributed by atoms with E-state index >= 15 is 0 Å². The predicted octanol–water partition coefficient (Wildman–Crippen LogP) is 3.37. The van der Waals surface area contributed by atoms with E-state index in [0.717, 1.165) is 21.9 Å². The Labute approximate surface area is 116 Å². The van der Waals surface area contributed by atoms with Gasteiger partial charge in [0.2, 0.25) is 0 Å². The number of aryl methyl sites for hydroxylation is 2. The molecule has 0 radical (unpaired) electrons. The summed E-state index contributed by atoms with van der Waals surface area (Å²) in [6.07, 6.45) is -0.604. The Morgan fingerprint density at radius 1 is 1.42 bits per heavy atom. The number of benzene rings is 1. The third-order valence-electron chi connectivity index (χ3n) is 2.80. The lowest BCUT2D eigenvalue weighted by atomic mass is 10.1. The minimum absolute atomic E-state index is 0.520. The Bertz CT molecular complexity index is 622. The fraction of sp³-hybridized carbons (Fsp3) is 0.286. The van der Waals surface area contributed by atoms with Crippen LogP contribution in [0, 0.1) is 25.2 Å². The van der Waals surface area contributed by atoms with Crippen molar-refractivity contribution in [2.75, 3.05) is 0 Å². The molecule has 4 nitrogen and oxygen atoms in total. The van der Waals surface area contributed by atoms with Crippen LogP contribution in [0.3, 0.4) is 0 Å². The van der Waals surface area contributed by atoms with E-state index in [9.17, 15) is 5.11 Å². The number of hydrogen-bond donors (Lipinski definition) is 1. The lowest BCUT2D eigenvalue weighted by Crippen LogP contribution is -1.94. The molecule has 0 saturated heterocycles. The summed E-state index contributed by atoms with van der Waals surface area (Å²) >= 11 is 1.32. The van der Waals surface area contributed by atoms with Gasteiger partial charge in [-0.3, -0.25) is 0 Å². The van der Waals surface area contributed by atoms with Gasteiger partial charge in [-0.25, -0.2) is 4.98 Å². The molecular formula is C14H14N2O2S. The number of aromatic nitrogens is 1. The summed E-state index contributed by atoms with van der Waals surface area (Å²) in [5.74, 6) is 0.775. The van der Waals surface area contributed by atoms with Crippen molar-refractivity contribution in [2.45, 2.75) is 37.0 Å². The molecule has 0 fully saturated rings. The fourth-order valence-corrected chi connectivity index (χ4v) is 2.70. The smallest absolute Gasteiger partial charge is 0.261 e. The average Bonchev–Trinajstić information content (AvgIpc) is 2.67. The first-order valence-corrected chi connectivity index (χ1v) is 6.67. The van der Waals surface area contributed by atoms with Gasteiger partial charge in [0, 0.05) is 4.90 Å². The van der Waals surface area contributed by atoms with Crippen molar-refractivity contribution in [2.24, 2.45) is 0 Å². The molecule has 0 aliphatic carbocycles. The summed E-state index contributed by atoms with van der Waals surface area (Å²) in [7, 11) is 0. The van der Waals surface area contributed by atoms with Crippen LogP contribution in [-0.4, -0.2) is 10.1 Å². The van der Waals surface area contributed by atoms with Gasteiger partial charge in [0.15, 0.2) is 0 Å². The van der Waals surface area contributed by atoms with E-state index in [-0.39, 0.29) is 0 Å². The highest BCUT2D eigenvalue weighted by Gasteiger charge is 2.14. The zero-order valence-corrected chi connectivity index (χ0v) is 11.8. The second kappa shape index (κ2) is 5.47. The average molecular weight is 274 g/mol. The molecular weight excluding hydrogens is 260 g/mol. The Morgan fingerprint density at radius 2 is 2.16 bits per heavy atom. The predicted molar refractivity (Wildman–Crippen MR) is 71.9 cm³/mol. The standard InChI is InChI=1S/C14H14N2O2S/c1-8-10(3)18-14(16-8)19-13-6-11(7-15)4-5-12(13)9(2)17/h4-6,9,17H,1-3H3. The summed E-state index contributed by atoms with van der Waals surface area (Å²) < 4.78 is 5.51. The molecule has 19 heavy (non-hydrogen) atoms. The molecule has 0 saturated carbocycles. The minimum Gasteiger partial charge on any atom is -0.436 e. The molecule has 0 bridgehead atoms. The van der Waals surface area contributed by atoms with Crippen LogP contribution in [0.25, 0.3) is 0 Å². The van der Waals surface area contributed by atoms with Crippen LogP contribution in [0.2, 0.25) is 0 Å². The Morgan fingerprint density at radius 3 is 2.68 bits per heavy atom. The quantitative estimate of drug-likeness (QED) is 0.929. The minimum atomic E-state index is -0.604. The van der Waals surface area contributed by atoms with E-state index in [1.54, 1.807) is 25.1 Å². The molecule has 1 N–H and O–H groups in total. The van der Waals surface area contributed by atoms with Gasteiger partial charge in [0.25, 0.3) is 5.22 Å². The largest absolute Gasteiger partial charge is 0.436 e. The van der Waals surface area contributed by atoms with E-state index in [0.29, 0.717) is 10.8 Å². The third kappa shape index (κ3) is 2.98. The van der Waals surface area contributed by atoms with Gasteiger partial charge < -0.3 is 9.52 Å². The second-order valence-corrected chi connectivity index (χ2v) is 5.26. The summed E-state index contributed by atoms with van der Waals surface area (Å²) in [6, 6.07) is 7.28. The Kier molecular flexibility index (Phi) is 3.93. The van der Waals surface area contributed by atoms with Crippen LogP contribution in [0.5, 0.6) is 0 Å². The van der Waals surface area contributed by atoms with Crippen molar-refractivity contribution in [3.05, 3.63) is 40.8 Å². The molecule has 2 aromatic rings. The van der Waals surface area contributed by atoms with Crippen molar-refractivity contribution >= 4 is 11.8 Å². The molecule has 0 spiro atoms. The SMILES string of the molecule is Cc1nc(Sc2cc(C#N)ccc2C(C)O)oc1C. The monoisotopic (exact) mass is 274 g/mol. The van der Waals surface area contributed by atoms with Crippen LogP contribution in [0.4, 0.5) is 0 Å². The first kappa shape index (κ1) is 13.7. The third-order valence-corrected chi connectivity index (χ3v) is 3.72. The number of aliphatic hydroxyl groups excluding tert-OH is 1.